The second-order valence-electron chi connectivity index (χ2n) is 4.30. The minimum atomic E-state index is -0.779. The third kappa shape index (κ3) is 3.39. The van der Waals surface area contributed by atoms with Gasteiger partial charge in [0.1, 0.15) is 6.54 Å². The van der Waals surface area contributed by atoms with Gasteiger partial charge in [-0.05, 0) is 17.4 Å². The van der Waals surface area contributed by atoms with Gasteiger partial charge < -0.3 is 15.4 Å². The van der Waals surface area contributed by atoms with Crippen LogP contribution in [0.2, 0.25) is 0 Å². The first-order valence-electron chi connectivity index (χ1n) is 5.95. The number of nitrogens with one attached hydrogen (secondary N) is 1. The summed E-state index contributed by atoms with van der Waals surface area (Å²) in [5.41, 5.74) is 0.773. The summed E-state index contributed by atoms with van der Waals surface area (Å²) in [6.07, 6.45) is 1.05. The van der Waals surface area contributed by atoms with Crippen molar-refractivity contribution in [3.05, 3.63) is 50.3 Å². The highest BCUT2D eigenvalue weighted by Crippen LogP contribution is 2.21. The lowest BCUT2D eigenvalue weighted by Crippen LogP contribution is -2.19. The maximum absolute atomic E-state index is 11.9. The van der Waals surface area contributed by atoms with Crippen molar-refractivity contribution in [3.63, 3.8) is 0 Å². The van der Waals surface area contributed by atoms with Gasteiger partial charge in [0.05, 0.1) is 10.6 Å². The number of rotatable bonds is 5. The van der Waals surface area contributed by atoms with Crippen molar-refractivity contribution in [1.82, 2.24) is 14.8 Å². The van der Waals surface area contributed by atoms with Crippen LogP contribution in [-0.2, 0) is 11.3 Å². The van der Waals surface area contributed by atoms with Crippen LogP contribution in [0.4, 0.5) is 17.3 Å². The molecule has 1 heterocycles. The van der Waals surface area contributed by atoms with E-state index in [9.17, 15) is 25.0 Å². The summed E-state index contributed by atoms with van der Waals surface area (Å²) in [7, 11) is 0. The Bertz CT molecular complexity index is 755. The molecule has 114 valence electrons. The van der Waals surface area contributed by atoms with Gasteiger partial charge in [-0.3, -0.25) is 14.9 Å². The molecule has 0 aliphatic carbocycles. The van der Waals surface area contributed by atoms with E-state index in [1.165, 1.54) is 18.2 Å². The molecular formula is C11H10N6O5. The van der Waals surface area contributed by atoms with Crippen LogP contribution in [0.5, 0.6) is 0 Å². The molecule has 0 spiro atoms. The highest BCUT2D eigenvalue weighted by molar-refractivity contribution is 5.91. The van der Waals surface area contributed by atoms with E-state index in [-0.39, 0.29) is 17.9 Å². The van der Waals surface area contributed by atoms with Gasteiger partial charge in [0, 0.05) is 17.2 Å². The molecule has 11 heteroatoms. The zero-order valence-corrected chi connectivity index (χ0v) is 11.3. The van der Waals surface area contributed by atoms with Crippen LogP contribution in [0.1, 0.15) is 5.56 Å². The standard InChI is InChI=1S/C11H10N6O5/c1-7-2-3-8(16(19)20)4-9(7)13-10(18)5-15-6-12-11(14-15)17(21)22/h2-4,6H,5H2,1H3,(H,13,18). The fourth-order valence-electron chi connectivity index (χ4n) is 1.64. The van der Waals surface area contributed by atoms with E-state index in [4.69, 9.17) is 0 Å². The summed E-state index contributed by atoms with van der Waals surface area (Å²) in [4.78, 5) is 35.1. The molecule has 0 aliphatic heterocycles. The van der Waals surface area contributed by atoms with Crippen LogP contribution in [0, 0.1) is 27.2 Å². The number of non-ortho nitro benzene ring substituents is 1. The van der Waals surface area contributed by atoms with Crippen molar-refractivity contribution in [2.75, 3.05) is 5.32 Å². The van der Waals surface area contributed by atoms with Crippen LogP contribution in [-0.4, -0.2) is 30.5 Å². The predicted molar refractivity (Wildman–Crippen MR) is 73.1 cm³/mol. The predicted octanol–water partition coefficient (Wildman–Crippen LogP) is 1.04. The van der Waals surface area contributed by atoms with Gasteiger partial charge in [-0.2, -0.15) is 4.68 Å². The monoisotopic (exact) mass is 306 g/mol. The Labute approximate surface area is 122 Å². The van der Waals surface area contributed by atoms with Crippen molar-refractivity contribution in [1.29, 1.82) is 0 Å². The number of hydrogen-bond acceptors (Lipinski definition) is 7. The second-order valence-corrected chi connectivity index (χ2v) is 4.30. The Hall–Kier alpha value is -3.37. The van der Waals surface area contributed by atoms with E-state index >= 15 is 0 Å². The molecule has 0 radical (unpaired) electrons. The second kappa shape index (κ2) is 5.95. The first kappa shape index (κ1) is 15.0. The minimum Gasteiger partial charge on any atom is -0.390 e. The lowest BCUT2D eigenvalue weighted by atomic mass is 10.2. The number of aromatic nitrogens is 3. The minimum absolute atomic E-state index is 0.155. The average molecular weight is 306 g/mol. The Kier molecular flexibility index (Phi) is 4.06. The molecule has 2 rings (SSSR count). The van der Waals surface area contributed by atoms with Crippen molar-refractivity contribution >= 4 is 23.2 Å². The number of anilines is 1. The summed E-state index contributed by atoms with van der Waals surface area (Å²) >= 11 is 0. The van der Waals surface area contributed by atoms with E-state index in [0.29, 0.717) is 5.56 Å². The number of amides is 1. The van der Waals surface area contributed by atoms with E-state index < -0.39 is 21.7 Å². The Morgan fingerprint density at radius 1 is 1.32 bits per heavy atom. The number of hydrogen-bond donors (Lipinski definition) is 1. The SMILES string of the molecule is Cc1ccc([N+](=O)[O-])cc1NC(=O)Cn1cnc([N+](=O)[O-])n1. The summed E-state index contributed by atoms with van der Waals surface area (Å²) in [5, 5.41) is 27.1. The number of nitrogens with zero attached hydrogens (tertiary/aromatic N) is 5. The van der Waals surface area contributed by atoms with Crippen molar-refractivity contribution in [2.45, 2.75) is 13.5 Å². The van der Waals surface area contributed by atoms with Gasteiger partial charge in [-0.15, -0.1) is 0 Å². The van der Waals surface area contributed by atoms with Gasteiger partial charge in [0.15, 0.2) is 0 Å². The highest BCUT2D eigenvalue weighted by Gasteiger charge is 2.16. The van der Waals surface area contributed by atoms with Crippen LogP contribution in [0.3, 0.4) is 0 Å². The smallest absolute Gasteiger partial charge is 0.390 e. The van der Waals surface area contributed by atoms with E-state index in [2.05, 4.69) is 15.4 Å². The summed E-state index contributed by atoms with van der Waals surface area (Å²) in [5.74, 6) is -1.15. The number of carbonyl (C=O) groups excluding carboxylic acids is 1. The molecule has 1 aromatic carbocycles. The zero-order chi connectivity index (χ0) is 16.3. The first-order valence-corrected chi connectivity index (χ1v) is 5.95. The van der Waals surface area contributed by atoms with E-state index in [0.717, 1.165) is 11.0 Å². The molecule has 22 heavy (non-hydrogen) atoms. The quantitative estimate of drug-likeness (QED) is 0.641. The van der Waals surface area contributed by atoms with Crippen molar-refractivity contribution in [3.8, 4) is 0 Å². The third-order valence-electron chi connectivity index (χ3n) is 2.70. The number of carbonyl (C=O) groups is 1. The summed E-state index contributed by atoms with van der Waals surface area (Å²) in [6.45, 7) is 1.38. The van der Waals surface area contributed by atoms with Gasteiger partial charge in [-0.25, -0.2) is 0 Å². The molecule has 11 nitrogen and oxygen atoms in total. The molecule has 0 fully saturated rings. The molecule has 0 aliphatic rings. The Balaban J connectivity index is 2.09. The van der Waals surface area contributed by atoms with Crippen LogP contribution in [0.15, 0.2) is 24.5 Å². The summed E-state index contributed by atoms with van der Waals surface area (Å²) < 4.78 is 1.00. The lowest BCUT2D eigenvalue weighted by molar-refractivity contribution is -0.394. The molecule has 1 amide bonds. The molecule has 0 bridgehead atoms. The Morgan fingerprint density at radius 2 is 2.05 bits per heavy atom. The lowest BCUT2D eigenvalue weighted by Gasteiger charge is -2.07. The molecule has 0 unspecified atom stereocenters. The van der Waals surface area contributed by atoms with Crippen molar-refractivity contribution < 1.29 is 14.6 Å². The number of nitro benzene ring substituents is 1. The molecular weight excluding hydrogens is 296 g/mol. The molecule has 0 saturated carbocycles. The molecule has 0 saturated heterocycles. The third-order valence-corrected chi connectivity index (χ3v) is 2.70. The zero-order valence-electron chi connectivity index (χ0n) is 11.3. The number of aryl methyl sites for hydroxylation is 1. The van der Waals surface area contributed by atoms with Gasteiger partial charge in [-0.1, -0.05) is 11.1 Å². The number of nitro groups is 2. The van der Waals surface area contributed by atoms with Crippen LogP contribution in [0.25, 0.3) is 0 Å². The molecule has 1 N–H and O–H groups in total. The average Bonchev–Trinajstić information content (AvgIpc) is 2.89. The molecule has 0 atom stereocenters. The normalized spacial score (nSPS) is 10.2. The summed E-state index contributed by atoms with van der Waals surface area (Å²) in [6, 6.07) is 4.07. The van der Waals surface area contributed by atoms with Crippen LogP contribution < -0.4 is 5.32 Å². The maximum Gasteiger partial charge on any atom is 0.490 e. The van der Waals surface area contributed by atoms with Gasteiger partial charge in [0.25, 0.3) is 5.69 Å². The van der Waals surface area contributed by atoms with Crippen molar-refractivity contribution in [2.24, 2.45) is 0 Å². The van der Waals surface area contributed by atoms with E-state index in [1.54, 1.807) is 6.92 Å². The fraction of sp³-hybridized carbons (Fsp3) is 0.182. The Morgan fingerprint density at radius 3 is 2.64 bits per heavy atom. The van der Waals surface area contributed by atoms with Gasteiger partial charge in [0.2, 0.25) is 12.2 Å². The van der Waals surface area contributed by atoms with E-state index in [1.807, 2.05) is 0 Å². The molecule has 1 aromatic heterocycles. The fourth-order valence-corrected chi connectivity index (χ4v) is 1.64. The number of benzene rings is 1. The maximum atomic E-state index is 11.9. The van der Waals surface area contributed by atoms with Gasteiger partial charge >= 0.3 is 5.95 Å². The largest absolute Gasteiger partial charge is 0.490 e. The highest BCUT2D eigenvalue weighted by atomic mass is 16.6. The molecule has 2 aromatic rings. The topological polar surface area (TPSA) is 146 Å². The first-order chi connectivity index (χ1) is 10.4. The van der Waals surface area contributed by atoms with Crippen LogP contribution >= 0.6 is 0 Å².